The van der Waals surface area contributed by atoms with Crippen LogP contribution in [0.1, 0.15) is 5.56 Å². The lowest BCUT2D eigenvalue weighted by atomic mass is 10.1. The van der Waals surface area contributed by atoms with Gasteiger partial charge in [0.25, 0.3) is 0 Å². The Morgan fingerprint density at radius 3 is 2.54 bits per heavy atom. The van der Waals surface area contributed by atoms with Crippen LogP contribution in [-0.4, -0.2) is 16.7 Å². The molecule has 0 amide bonds. The molecule has 0 aliphatic heterocycles. The van der Waals surface area contributed by atoms with Crippen LogP contribution in [0.2, 0.25) is 5.02 Å². The molecule has 2 heterocycles. The van der Waals surface area contributed by atoms with Gasteiger partial charge < -0.3 is 9.30 Å². The van der Waals surface area contributed by atoms with Crippen molar-refractivity contribution in [3.63, 3.8) is 0 Å². The number of methoxy groups -OCH3 is 1. The van der Waals surface area contributed by atoms with E-state index in [2.05, 4.69) is 21.0 Å². The highest BCUT2D eigenvalue weighted by molar-refractivity contribution is 7.07. The molecular formula is C22H18ClN3OS. The minimum absolute atomic E-state index is 0.685. The second kappa shape index (κ2) is 8.42. The minimum Gasteiger partial charge on any atom is -0.497 e. The molecule has 4 aromatic rings. The van der Waals surface area contributed by atoms with Gasteiger partial charge in [0.2, 0.25) is 0 Å². The molecule has 4 rings (SSSR count). The molecule has 0 fully saturated rings. The van der Waals surface area contributed by atoms with Gasteiger partial charge in [0.05, 0.1) is 25.0 Å². The molecule has 0 saturated heterocycles. The van der Waals surface area contributed by atoms with Gasteiger partial charge in [0.1, 0.15) is 5.75 Å². The molecule has 140 valence electrons. The third-order valence-corrected chi connectivity index (χ3v) is 5.41. The number of benzene rings is 2. The Morgan fingerprint density at radius 1 is 1.07 bits per heavy atom. The van der Waals surface area contributed by atoms with Gasteiger partial charge in [-0.2, -0.15) is 0 Å². The molecule has 0 aliphatic carbocycles. The van der Waals surface area contributed by atoms with Crippen LogP contribution < -0.4 is 9.54 Å². The van der Waals surface area contributed by atoms with Gasteiger partial charge >= 0.3 is 0 Å². The van der Waals surface area contributed by atoms with E-state index in [9.17, 15) is 0 Å². The number of pyridine rings is 1. The predicted molar refractivity (Wildman–Crippen MR) is 114 cm³/mol. The summed E-state index contributed by atoms with van der Waals surface area (Å²) in [4.78, 5) is 10.0. The van der Waals surface area contributed by atoms with E-state index in [0.717, 1.165) is 38.1 Å². The summed E-state index contributed by atoms with van der Waals surface area (Å²) in [6.45, 7) is 0.685. The van der Waals surface area contributed by atoms with Crippen LogP contribution in [0.15, 0.2) is 83.4 Å². The molecule has 6 heteroatoms. The van der Waals surface area contributed by atoms with Crippen molar-refractivity contribution in [2.75, 3.05) is 7.11 Å². The monoisotopic (exact) mass is 407 g/mol. The predicted octanol–water partition coefficient (Wildman–Crippen LogP) is 5.55. The number of rotatable bonds is 5. The summed E-state index contributed by atoms with van der Waals surface area (Å²) < 4.78 is 7.44. The van der Waals surface area contributed by atoms with Crippen LogP contribution in [0.3, 0.4) is 0 Å². The highest BCUT2D eigenvalue weighted by Gasteiger charge is 2.09. The number of halogens is 1. The van der Waals surface area contributed by atoms with Crippen LogP contribution in [-0.2, 0) is 6.54 Å². The van der Waals surface area contributed by atoms with Crippen molar-refractivity contribution in [2.24, 2.45) is 4.99 Å². The van der Waals surface area contributed by atoms with Crippen molar-refractivity contribution >= 4 is 28.6 Å². The Bertz CT molecular complexity index is 1120. The van der Waals surface area contributed by atoms with Gasteiger partial charge in [-0.3, -0.25) is 4.98 Å². The first kappa shape index (κ1) is 18.5. The molecule has 2 aromatic carbocycles. The third-order valence-electron chi connectivity index (χ3n) is 4.30. The smallest absolute Gasteiger partial charge is 0.190 e. The maximum atomic E-state index is 6.06. The average Bonchev–Trinajstić information content (AvgIpc) is 3.12. The van der Waals surface area contributed by atoms with Gasteiger partial charge in [-0.15, -0.1) is 11.3 Å². The van der Waals surface area contributed by atoms with Crippen LogP contribution in [0.25, 0.3) is 11.3 Å². The van der Waals surface area contributed by atoms with Crippen molar-refractivity contribution in [2.45, 2.75) is 6.54 Å². The van der Waals surface area contributed by atoms with Crippen molar-refractivity contribution in [3.8, 4) is 17.0 Å². The summed E-state index contributed by atoms with van der Waals surface area (Å²) in [5.41, 5.74) is 4.19. The molecule has 0 bridgehead atoms. The third kappa shape index (κ3) is 4.16. The lowest BCUT2D eigenvalue weighted by Crippen LogP contribution is -2.16. The van der Waals surface area contributed by atoms with Crippen LogP contribution in [0.5, 0.6) is 5.75 Å². The Balaban J connectivity index is 1.81. The highest BCUT2D eigenvalue weighted by Crippen LogP contribution is 2.24. The lowest BCUT2D eigenvalue weighted by molar-refractivity contribution is 0.415. The highest BCUT2D eigenvalue weighted by atomic mass is 35.5. The molecule has 0 radical (unpaired) electrons. The van der Waals surface area contributed by atoms with E-state index >= 15 is 0 Å². The molecule has 2 aromatic heterocycles. The fourth-order valence-electron chi connectivity index (χ4n) is 2.86. The Kier molecular flexibility index (Phi) is 5.55. The normalized spacial score (nSPS) is 11.6. The zero-order valence-electron chi connectivity index (χ0n) is 15.2. The average molecular weight is 408 g/mol. The quantitative estimate of drug-likeness (QED) is 0.434. The number of ether oxygens (including phenoxy) is 1. The summed E-state index contributed by atoms with van der Waals surface area (Å²) in [6.07, 6.45) is 3.66. The first-order valence-electron chi connectivity index (χ1n) is 8.75. The summed E-state index contributed by atoms with van der Waals surface area (Å²) in [5, 5.41) is 2.85. The van der Waals surface area contributed by atoms with Gasteiger partial charge in [-0.05, 0) is 53.6 Å². The van der Waals surface area contributed by atoms with E-state index in [4.69, 9.17) is 21.3 Å². The molecule has 0 atom stereocenters. The van der Waals surface area contributed by atoms with Crippen molar-refractivity contribution in [1.82, 2.24) is 9.55 Å². The minimum atomic E-state index is 0.685. The largest absolute Gasteiger partial charge is 0.497 e. The number of hydrogen-bond acceptors (Lipinski definition) is 4. The van der Waals surface area contributed by atoms with E-state index in [0.29, 0.717) is 6.54 Å². The molecule has 0 saturated carbocycles. The number of thiazole rings is 1. The second-order valence-electron chi connectivity index (χ2n) is 6.17. The van der Waals surface area contributed by atoms with Crippen molar-refractivity contribution in [1.29, 1.82) is 0 Å². The Hall–Kier alpha value is -2.89. The molecule has 0 spiro atoms. The van der Waals surface area contributed by atoms with Crippen LogP contribution in [0, 0.1) is 0 Å². The molecule has 4 nitrogen and oxygen atoms in total. The molecule has 0 aliphatic rings. The topological polar surface area (TPSA) is 39.4 Å². The lowest BCUT2D eigenvalue weighted by Gasteiger charge is -2.09. The van der Waals surface area contributed by atoms with E-state index in [-0.39, 0.29) is 0 Å². The molecular weight excluding hydrogens is 390 g/mol. The number of hydrogen-bond donors (Lipinski definition) is 0. The van der Waals surface area contributed by atoms with Crippen molar-refractivity contribution in [3.05, 3.63) is 93.8 Å². The fraction of sp³-hybridized carbons (Fsp3) is 0.0909. The maximum absolute atomic E-state index is 6.06. The zero-order chi connectivity index (χ0) is 19.3. The van der Waals surface area contributed by atoms with Crippen LogP contribution in [0.4, 0.5) is 5.69 Å². The van der Waals surface area contributed by atoms with E-state index in [1.54, 1.807) is 24.6 Å². The van der Waals surface area contributed by atoms with E-state index in [1.165, 1.54) is 0 Å². The fourth-order valence-corrected chi connectivity index (χ4v) is 3.92. The van der Waals surface area contributed by atoms with Crippen LogP contribution >= 0.6 is 22.9 Å². The van der Waals surface area contributed by atoms with Gasteiger partial charge in [0.15, 0.2) is 4.80 Å². The number of aromatic nitrogens is 2. The molecule has 28 heavy (non-hydrogen) atoms. The Morgan fingerprint density at radius 2 is 1.86 bits per heavy atom. The maximum Gasteiger partial charge on any atom is 0.190 e. The second-order valence-corrected chi connectivity index (χ2v) is 7.44. The van der Waals surface area contributed by atoms with Crippen molar-refractivity contribution < 1.29 is 4.74 Å². The van der Waals surface area contributed by atoms with Gasteiger partial charge in [0, 0.05) is 22.8 Å². The van der Waals surface area contributed by atoms with E-state index < -0.39 is 0 Å². The van der Waals surface area contributed by atoms with Gasteiger partial charge in [-0.25, -0.2) is 4.99 Å². The van der Waals surface area contributed by atoms with E-state index in [1.807, 2.05) is 60.8 Å². The van der Waals surface area contributed by atoms with Gasteiger partial charge in [-0.1, -0.05) is 29.8 Å². The summed E-state index contributed by atoms with van der Waals surface area (Å²) in [7, 11) is 1.66. The first-order chi connectivity index (χ1) is 13.7. The molecule has 0 N–H and O–H groups in total. The standard InChI is InChI=1S/C22H18ClN3OS/c1-27-20-10-8-19(9-11-20)25-22-26(14-16-3-2-12-24-13-16)21(15-28-22)17-4-6-18(23)7-5-17/h2-13,15H,14H2,1H3. The Labute approximate surface area is 172 Å². The molecule has 0 unspecified atom stereocenters. The summed E-state index contributed by atoms with van der Waals surface area (Å²) >= 11 is 7.68. The first-order valence-corrected chi connectivity index (χ1v) is 10.0. The summed E-state index contributed by atoms with van der Waals surface area (Å²) in [6, 6.07) is 19.6. The zero-order valence-corrected chi connectivity index (χ0v) is 16.8. The summed E-state index contributed by atoms with van der Waals surface area (Å²) in [5.74, 6) is 0.815. The number of nitrogens with zero attached hydrogens (tertiary/aromatic N) is 3. The SMILES string of the molecule is COc1ccc(N=c2scc(-c3ccc(Cl)cc3)n2Cc2cccnc2)cc1.